The van der Waals surface area contributed by atoms with Gasteiger partial charge in [0.25, 0.3) is 0 Å². The molecule has 2 atom stereocenters. The van der Waals surface area contributed by atoms with Gasteiger partial charge in [-0.05, 0) is 43.2 Å². The van der Waals surface area contributed by atoms with Gasteiger partial charge in [-0.25, -0.2) is 0 Å². The summed E-state index contributed by atoms with van der Waals surface area (Å²) in [6.07, 6.45) is 1.20. The van der Waals surface area contributed by atoms with Crippen molar-refractivity contribution in [2.24, 2.45) is 11.8 Å². The van der Waals surface area contributed by atoms with Gasteiger partial charge in [0.05, 0.1) is 0 Å². The predicted molar refractivity (Wildman–Crippen MR) is 69.5 cm³/mol. The average Bonchev–Trinajstić information content (AvgIpc) is 2.66. The Bertz CT molecular complexity index is 254. The van der Waals surface area contributed by atoms with Crippen LogP contribution in [0.1, 0.15) is 32.6 Å². The van der Waals surface area contributed by atoms with E-state index in [4.69, 9.17) is 0 Å². The number of hydrogen-bond donors (Lipinski definition) is 1. The Kier molecular flexibility index (Phi) is 5.34. The summed E-state index contributed by atoms with van der Waals surface area (Å²) in [6, 6.07) is 4.99. The minimum Gasteiger partial charge on any atom is -0.314 e. The summed E-state index contributed by atoms with van der Waals surface area (Å²) in [5.74, 6) is 1.45. The summed E-state index contributed by atoms with van der Waals surface area (Å²) >= 11 is 1.86. The van der Waals surface area contributed by atoms with Crippen molar-refractivity contribution >= 4 is 11.3 Å². The molecule has 1 N–H and O–H groups in total. The Labute approximate surface area is 97.9 Å². The summed E-state index contributed by atoms with van der Waals surface area (Å²) in [4.78, 5) is 1.50. The SMILES string of the molecule is CC(CNC(C)C(C)C)Cc1cccs1. The van der Waals surface area contributed by atoms with Crippen LogP contribution in [-0.2, 0) is 6.42 Å². The van der Waals surface area contributed by atoms with Gasteiger partial charge in [-0.1, -0.05) is 26.8 Å². The molecule has 0 amide bonds. The van der Waals surface area contributed by atoms with E-state index in [1.165, 1.54) is 11.3 Å². The largest absolute Gasteiger partial charge is 0.314 e. The topological polar surface area (TPSA) is 12.0 Å². The van der Waals surface area contributed by atoms with E-state index in [0.29, 0.717) is 6.04 Å². The lowest BCUT2D eigenvalue weighted by molar-refractivity contribution is 0.391. The van der Waals surface area contributed by atoms with Gasteiger partial charge in [-0.2, -0.15) is 0 Å². The predicted octanol–water partition coefficient (Wildman–Crippen LogP) is 3.56. The first-order valence-corrected chi connectivity index (χ1v) is 6.73. The maximum Gasteiger partial charge on any atom is 0.00618 e. The highest BCUT2D eigenvalue weighted by atomic mass is 32.1. The highest BCUT2D eigenvalue weighted by Gasteiger charge is 2.09. The summed E-state index contributed by atoms with van der Waals surface area (Å²) in [6.45, 7) is 10.2. The third-order valence-electron chi connectivity index (χ3n) is 2.92. The molecule has 1 nitrogen and oxygen atoms in total. The maximum atomic E-state index is 3.60. The molecule has 1 aromatic heterocycles. The number of rotatable bonds is 6. The molecule has 0 spiro atoms. The lowest BCUT2D eigenvalue weighted by atomic mass is 10.0. The quantitative estimate of drug-likeness (QED) is 0.780. The van der Waals surface area contributed by atoms with Crippen LogP contribution in [0.5, 0.6) is 0 Å². The molecule has 2 unspecified atom stereocenters. The van der Waals surface area contributed by atoms with Gasteiger partial charge in [0.2, 0.25) is 0 Å². The third kappa shape index (κ3) is 4.80. The van der Waals surface area contributed by atoms with Crippen LogP contribution in [0.4, 0.5) is 0 Å². The summed E-state index contributed by atoms with van der Waals surface area (Å²) in [5.41, 5.74) is 0. The molecule has 0 radical (unpaired) electrons. The zero-order valence-corrected chi connectivity index (χ0v) is 11.1. The standard InChI is InChI=1S/C13H23NS/c1-10(2)12(4)14-9-11(3)8-13-6-5-7-15-13/h5-7,10-12,14H,8-9H2,1-4H3. The molecule has 1 heterocycles. The molecular formula is C13H23NS. The molecule has 1 aromatic rings. The van der Waals surface area contributed by atoms with Crippen molar-refractivity contribution in [2.75, 3.05) is 6.54 Å². The molecular weight excluding hydrogens is 202 g/mol. The van der Waals surface area contributed by atoms with Gasteiger partial charge in [0, 0.05) is 10.9 Å². The second-order valence-electron chi connectivity index (χ2n) is 4.83. The Morgan fingerprint density at radius 2 is 2.00 bits per heavy atom. The van der Waals surface area contributed by atoms with Gasteiger partial charge < -0.3 is 5.32 Å². The Balaban J connectivity index is 2.22. The van der Waals surface area contributed by atoms with Gasteiger partial charge >= 0.3 is 0 Å². The van der Waals surface area contributed by atoms with Gasteiger partial charge in [-0.15, -0.1) is 11.3 Å². The normalized spacial score (nSPS) is 15.5. The zero-order chi connectivity index (χ0) is 11.3. The number of nitrogens with one attached hydrogen (secondary N) is 1. The summed E-state index contributed by atoms with van der Waals surface area (Å²) in [7, 11) is 0. The van der Waals surface area contributed by atoms with Gasteiger partial charge in [-0.3, -0.25) is 0 Å². The van der Waals surface area contributed by atoms with E-state index in [2.05, 4.69) is 50.5 Å². The highest BCUT2D eigenvalue weighted by molar-refractivity contribution is 7.09. The fourth-order valence-electron chi connectivity index (χ4n) is 1.47. The molecule has 1 rings (SSSR count). The van der Waals surface area contributed by atoms with Crippen molar-refractivity contribution in [1.29, 1.82) is 0 Å². The van der Waals surface area contributed by atoms with Crippen LogP contribution in [0.25, 0.3) is 0 Å². The first-order chi connectivity index (χ1) is 7.09. The van der Waals surface area contributed by atoms with E-state index >= 15 is 0 Å². The first kappa shape index (κ1) is 12.7. The lowest BCUT2D eigenvalue weighted by Gasteiger charge is -2.20. The molecule has 86 valence electrons. The zero-order valence-electron chi connectivity index (χ0n) is 10.3. The number of thiophene rings is 1. The van der Waals surface area contributed by atoms with Gasteiger partial charge in [0.15, 0.2) is 0 Å². The average molecular weight is 225 g/mol. The smallest absolute Gasteiger partial charge is 0.00618 e. The van der Waals surface area contributed by atoms with Crippen LogP contribution in [-0.4, -0.2) is 12.6 Å². The number of hydrogen-bond acceptors (Lipinski definition) is 2. The van der Waals surface area contributed by atoms with Crippen LogP contribution < -0.4 is 5.32 Å². The fourth-order valence-corrected chi connectivity index (χ4v) is 2.34. The molecule has 0 aliphatic carbocycles. The summed E-state index contributed by atoms with van der Waals surface area (Å²) in [5, 5.41) is 5.76. The van der Waals surface area contributed by atoms with Crippen LogP contribution >= 0.6 is 11.3 Å². The first-order valence-electron chi connectivity index (χ1n) is 5.85. The monoisotopic (exact) mass is 225 g/mol. The Morgan fingerprint density at radius 3 is 2.53 bits per heavy atom. The van der Waals surface area contributed by atoms with Crippen molar-refractivity contribution < 1.29 is 0 Å². The fraction of sp³-hybridized carbons (Fsp3) is 0.692. The minimum atomic E-state index is 0.621. The van der Waals surface area contributed by atoms with Crippen molar-refractivity contribution in [3.05, 3.63) is 22.4 Å². The highest BCUT2D eigenvalue weighted by Crippen LogP contribution is 2.14. The van der Waals surface area contributed by atoms with E-state index in [1.54, 1.807) is 0 Å². The Morgan fingerprint density at radius 1 is 1.27 bits per heavy atom. The molecule has 0 saturated heterocycles. The molecule has 0 aromatic carbocycles. The van der Waals surface area contributed by atoms with Crippen LogP contribution in [0.3, 0.4) is 0 Å². The van der Waals surface area contributed by atoms with Crippen molar-refractivity contribution in [3.8, 4) is 0 Å². The van der Waals surface area contributed by atoms with Crippen molar-refractivity contribution in [1.82, 2.24) is 5.32 Å². The summed E-state index contributed by atoms with van der Waals surface area (Å²) < 4.78 is 0. The molecule has 0 aliphatic heterocycles. The van der Waals surface area contributed by atoms with Gasteiger partial charge in [0.1, 0.15) is 0 Å². The van der Waals surface area contributed by atoms with Crippen molar-refractivity contribution in [2.45, 2.75) is 40.2 Å². The van der Waals surface area contributed by atoms with E-state index in [-0.39, 0.29) is 0 Å². The van der Waals surface area contributed by atoms with Crippen LogP contribution in [0.2, 0.25) is 0 Å². The molecule has 2 heteroatoms. The van der Waals surface area contributed by atoms with E-state index in [0.717, 1.165) is 18.4 Å². The molecule has 0 aliphatic rings. The molecule has 15 heavy (non-hydrogen) atoms. The Hall–Kier alpha value is -0.340. The molecule has 0 fully saturated rings. The third-order valence-corrected chi connectivity index (χ3v) is 3.82. The second-order valence-corrected chi connectivity index (χ2v) is 5.86. The lowest BCUT2D eigenvalue weighted by Crippen LogP contribution is -2.34. The van der Waals surface area contributed by atoms with Crippen LogP contribution in [0.15, 0.2) is 17.5 Å². The minimum absolute atomic E-state index is 0.621. The van der Waals surface area contributed by atoms with Crippen LogP contribution in [0, 0.1) is 11.8 Å². The van der Waals surface area contributed by atoms with E-state index in [1.807, 2.05) is 11.3 Å². The maximum absolute atomic E-state index is 3.60. The van der Waals surface area contributed by atoms with E-state index in [9.17, 15) is 0 Å². The molecule has 0 bridgehead atoms. The van der Waals surface area contributed by atoms with Crippen molar-refractivity contribution in [3.63, 3.8) is 0 Å². The molecule has 0 saturated carbocycles. The second kappa shape index (κ2) is 6.29. The van der Waals surface area contributed by atoms with E-state index < -0.39 is 0 Å².